The predicted octanol–water partition coefficient (Wildman–Crippen LogP) is 1.15. The summed E-state index contributed by atoms with van der Waals surface area (Å²) in [7, 11) is 1.77. The number of rotatable bonds is 4. The van der Waals surface area contributed by atoms with E-state index in [1.54, 1.807) is 31.6 Å². The Bertz CT molecular complexity index is 571. The van der Waals surface area contributed by atoms with Crippen LogP contribution in [0.15, 0.2) is 30.6 Å². The normalized spacial score (nSPS) is 10.0. The van der Waals surface area contributed by atoms with E-state index in [1.165, 1.54) is 0 Å². The molecule has 0 aliphatic rings. The molecular formula is C13H15N5O. The summed E-state index contributed by atoms with van der Waals surface area (Å²) in [4.78, 5) is 16.2. The molecule has 6 nitrogen and oxygen atoms in total. The number of nitrogens with zero attached hydrogens (tertiary/aromatic N) is 3. The second-order valence-electron chi connectivity index (χ2n) is 4.02. The van der Waals surface area contributed by atoms with Crippen LogP contribution in [-0.2, 0) is 6.54 Å². The average Bonchev–Trinajstić information content (AvgIpc) is 2.45. The number of hydrogen-bond donors (Lipinski definition) is 2. The van der Waals surface area contributed by atoms with Crippen LogP contribution in [0.5, 0.6) is 0 Å². The molecule has 19 heavy (non-hydrogen) atoms. The summed E-state index contributed by atoms with van der Waals surface area (Å²) in [6.07, 6.45) is 3.15. The van der Waals surface area contributed by atoms with E-state index in [0.29, 0.717) is 17.8 Å². The second kappa shape index (κ2) is 5.90. The molecule has 2 rings (SSSR count). The maximum absolute atomic E-state index is 12.1. The molecule has 0 bridgehead atoms. The van der Waals surface area contributed by atoms with Gasteiger partial charge in [0.1, 0.15) is 0 Å². The van der Waals surface area contributed by atoms with Crippen molar-refractivity contribution >= 4 is 11.6 Å². The lowest BCUT2D eigenvalue weighted by Crippen LogP contribution is -2.24. The topological polar surface area (TPSA) is 79.8 Å². The number of pyridine rings is 1. The number of carbonyl (C=O) groups is 1. The van der Waals surface area contributed by atoms with Crippen molar-refractivity contribution < 1.29 is 4.79 Å². The van der Waals surface area contributed by atoms with Crippen LogP contribution < -0.4 is 10.6 Å². The van der Waals surface area contributed by atoms with Gasteiger partial charge in [0.05, 0.1) is 23.5 Å². The maximum atomic E-state index is 12.1. The first-order chi connectivity index (χ1) is 9.20. The zero-order chi connectivity index (χ0) is 13.7. The highest BCUT2D eigenvalue weighted by atomic mass is 16.1. The van der Waals surface area contributed by atoms with Gasteiger partial charge in [-0.3, -0.25) is 9.78 Å². The van der Waals surface area contributed by atoms with Crippen molar-refractivity contribution in [1.29, 1.82) is 0 Å². The molecule has 0 fully saturated rings. The van der Waals surface area contributed by atoms with Crippen LogP contribution in [0.3, 0.4) is 0 Å². The number of aryl methyl sites for hydroxylation is 1. The van der Waals surface area contributed by atoms with Gasteiger partial charge in [-0.05, 0) is 25.1 Å². The zero-order valence-electron chi connectivity index (χ0n) is 10.8. The molecule has 0 aliphatic heterocycles. The molecular weight excluding hydrogens is 242 g/mol. The minimum absolute atomic E-state index is 0.192. The third-order valence-corrected chi connectivity index (χ3v) is 2.61. The second-order valence-corrected chi connectivity index (χ2v) is 4.02. The predicted molar refractivity (Wildman–Crippen MR) is 71.7 cm³/mol. The van der Waals surface area contributed by atoms with Crippen molar-refractivity contribution in [3.63, 3.8) is 0 Å². The Morgan fingerprint density at radius 1 is 1.42 bits per heavy atom. The van der Waals surface area contributed by atoms with Crippen molar-refractivity contribution in [2.75, 3.05) is 12.4 Å². The van der Waals surface area contributed by atoms with E-state index < -0.39 is 0 Å². The molecule has 0 aromatic carbocycles. The van der Waals surface area contributed by atoms with Crippen molar-refractivity contribution in [3.8, 4) is 0 Å². The highest BCUT2D eigenvalue weighted by Gasteiger charge is 2.11. The summed E-state index contributed by atoms with van der Waals surface area (Å²) >= 11 is 0. The van der Waals surface area contributed by atoms with E-state index in [0.717, 1.165) is 11.4 Å². The van der Waals surface area contributed by atoms with Crippen LogP contribution in [0.2, 0.25) is 0 Å². The Hall–Kier alpha value is -2.50. The number of carbonyl (C=O) groups excluding carboxylic acids is 1. The van der Waals surface area contributed by atoms with Crippen LogP contribution >= 0.6 is 0 Å². The van der Waals surface area contributed by atoms with E-state index in [2.05, 4.69) is 25.8 Å². The number of aromatic nitrogens is 3. The molecule has 2 N–H and O–H groups in total. The summed E-state index contributed by atoms with van der Waals surface area (Å²) < 4.78 is 0. The first-order valence-corrected chi connectivity index (χ1v) is 5.90. The smallest absolute Gasteiger partial charge is 0.255 e. The van der Waals surface area contributed by atoms with Crippen molar-refractivity contribution in [3.05, 3.63) is 47.5 Å². The number of amides is 1. The van der Waals surface area contributed by atoms with Gasteiger partial charge in [0.15, 0.2) is 0 Å². The number of nitrogens with one attached hydrogen (secondary N) is 2. The summed E-state index contributed by atoms with van der Waals surface area (Å²) in [6.45, 7) is 2.21. The average molecular weight is 257 g/mol. The highest BCUT2D eigenvalue weighted by Crippen LogP contribution is 2.14. The zero-order valence-corrected chi connectivity index (χ0v) is 10.8. The monoisotopic (exact) mass is 257 g/mol. The molecule has 0 saturated heterocycles. The van der Waals surface area contributed by atoms with Gasteiger partial charge in [-0.1, -0.05) is 0 Å². The van der Waals surface area contributed by atoms with E-state index in [9.17, 15) is 4.79 Å². The molecule has 0 saturated carbocycles. The summed E-state index contributed by atoms with van der Waals surface area (Å²) in [5.41, 5.74) is 2.83. The maximum Gasteiger partial charge on any atom is 0.255 e. The highest BCUT2D eigenvalue weighted by molar-refractivity contribution is 5.99. The fourth-order valence-corrected chi connectivity index (χ4v) is 1.64. The Labute approximate surface area is 111 Å². The minimum Gasteiger partial charge on any atom is -0.387 e. The first kappa shape index (κ1) is 12.9. The molecule has 0 atom stereocenters. The molecule has 2 heterocycles. The fraction of sp³-hybridized carbons (Fsp3) is 0.231. The van der Waals surface area contributed by atoms with Gasteiger partial charge in [-0.25, -0.2) is 0 Å². The molecule has 1 amide bonds. The number of anilines is 1. The number of hydrogen-bond acceptors (Lipinski definition) is 5. The van der Waals surface area contributed by atoms with Gasteiger partial charge in [0.2, 0.25) is 0 Å². The van der Waals surface area contributed by atoms with Crippen LogP contribution in [-0.4, -0.2) is 28.1 Å². The summed E-state index contributed by atoms with van der Waals surface area (Å²) in [6, 6.07) is 5.41. The third-order valence-electron chi connectivity index (χ3n) is 2.61. The van der Waals surface area contributed by atoms with Crippen molar-refractivity contribution in [1.82, 2.24) is 20.5 Å². The van der Waals surface area contributed by atoms with Crippen LogP contribution in [0, 0.1) is 6.92 Å². The van der Waals surface area contributed by atoms with E-state index in [1.807, 2.05) is 13.0 Å². The van der Waals surface area contributed by atoms with Gasteiger partial charge in [0.25, 0.3) is 5.91 Å². The molecule has 0 aliphatic carbocycles. The van der Waals surface area contributed by atoms with Gasteiger partial charge in [-0.2, -0.15) is 10.2 Å². The molecule has 2 aromatic heterocycles. The van der Waals surface area contributed by atoms with Gasteiger partial charge in [-0.15, -0.1) is 0 Å². The molecule has 0 radical (unpaired) electrons. The lowest BCUT2D eigenvalue weighted by molar-refractivity contribution is 0.0951. The lowest BCUT2D eigenvalue weighted by atomic mass is 10.2. The van der Waals surface area contributed by atoms with E-state index in [4.69, 9.17) is 0 Å². The van der Waals surface area contributed by atoms with Gasteiger partial charge >= 0.3 is 0 Å². The fourth-order valence-electron chi connectivity index (χ4n) is 1.64. The lowest BCUT2D eigenvalue weighted by Gasteiger charge is -2.09. The Kier molecular flexibility index (Phi) is 4.02. The SMILES string of the molecule is CNc1cc(C)ncc1C(=O)NCc1cccnn1. The Balaban J connectivity index is 2.08. The largest absolute Gasteiger partial charge is 0.387 e. The van der Waals surface area contributed by atoms with Gasteiger partial charge < -0.3 is 10.6 Å². The first-order valence-electron chi connectivity index (χ1n) is 5.90. The molecule has 0 unspecified atom stereocenters. The molecule has 98 valence electrons. The quantitative estimate of drug-likeness (QED) is 0.859. The summed E-state index contributed by atoms with van der Waals surface area (Å²) in [5.74, 6) is -0.192. The third kappa shape index (κ3) is 3.25. The standard InChI is InChI=1S/C13H15N5O/c1-9-6-12(14-2)11(8-15-9)13(19)16-7-10-4-3-5-17-18-10/h3-6,8H,7H2,1-2H3,(H,14,15)(H,16,19). The Morgan fingerprint density at radius 2 is 2.26 bits per heavy atom. The summed E-state index contributed by atoms with van der Waals surface area (Å²) in [5, 5.41) is 13.4. The van der Waals surface area contributed by atoms with Crippen LogP contribution in [0.25, 0.3) is 0 Å². The van der Waals surface area contributed by atoms with Gasteiger partial charge in [0, 0.05) is 25.1 Å². The minimum atomic E-state index is -0.192. The van der Waals surface area contributed by atoms with Crippen LogP contribution in [0.4, 0.5) is 5.69 Å². The van der Waals surface area contributed by atoms with Crippen molar-refractivity contribution in [2.45, 2.75) is 13.5 Å². The van der Waals surface area contributed by atoms with Crippen LogP contribution in [0.1, 0.15) is 21.7 Å². The molecule has 2 aromatic rings. The van der Waals surface area contributed by atoms with Crippen molar-refractivity contribution in [2.24, 2.45) is 0 Å². The molecule has 0 spiro atoms. The molecule has 6 heteroatoms. The van der Waals surface area contributed by atoms with E-state index >= 15 is 0 Å². The Morgan fingerprint density at radius 3 is 2.95 bits per heavy atom. The van der Waals surface area contributed by atoms with E-state index in [-0.39, 0.29) is 5.91 Å².